The van der Waals surface area contributed by atoms with Crippen LogP contribution in [0.4, 0.5) is 11.4 Å². The van der Waals surface area contributed by atoms with Gasteiger partial charge in [-0.1, -0.05) is 120 Å². The number of rotatable bonds is 11. The van der Waals surface area contributed by atoms with E-state index in [4.69, 9.17) is 11.5 Å². The Morgan fingerprint density at radius 3 is 1.43 bits per heavy atom. The van der Waals surface area contributed by atoms with Gasteiger partial charge in [-0.3, -0.25) is 0 Å². The van der Waals surface area contributed by atoms with Crippen molar-refractivity contribution in [2.45, 2.75) is 104 Å². The van der Waals surface area contributed by atoms with Crippen LogP contribution in [-0.4, -0.2) is 0 Å². The minimum absolute atomic E-state index is 0.330. The highest BCUT2D eigenvalue weighted by Crippen LogP contribution is 2.39. The summed E-state index contributed by atoms with van der Waals surface area (Å²) in [5.41, 5.74) is 24.6. The van der Waals surface area contributed by atoms with Crippen LogP contribution in [0.5, 0.6) is 0 Å². The van der Waals surface area contributed by atoms with Gasteiger partial charge in [0, 0.05) is 29.1 Å². The molecule has 5 rings (SSSR count). The first kappa shape index (κ1) is 31.9. The van der Waals surface area contributed by atoms with Crippen molar-refractivity contribution in [2.75, 3.05) is 11.5 Å². The molecule has 0 aliphatic heterocycles. The van der Waals surface area contributed by atoms with E-state index in [1.54, 1.807) is 0 Å². The zero-order chi connectivity index (χ0) is 31.2. The lowest BCUT2D eigenvalue weighted by atomic mass is 9.74. The largest absolute Gasteiger partial charge is 0.399 e. The second kappa shape index (κ2) is 14.5. The van der Waals surface area contributed by atoms with E-state index in [1.165, 1.54) is 95.9 Å². The molecule has 1 saturated carbocycles. The lowest BCUT2D eigenvalue weighted by molar-refractivity contribution is 0.225. The molecule has 0 radical (unpaired) electrons. The molecule has 0 heterocycles. The van der Waals surface area contributed by atoms with Crippen molar-refractivity contribution in [1.82, 2.24) is 0 Å². The van der Waals surface area contributed by atoms with Gasteiger partial charge < -0.3 is 11.5 Å². The highest BCUT2D eigenvalue weighted by molar-refractivity contribution is 5.49. The number of aryl methyl sites for hydroxylation is 2. The minimum Gasteiger partial charge on any atom is -0.399 e. The van der Waals surface area contributed by atoms with Gasteiger partial charge in [-0.25, -0.2) is 0 Å². The predicted octanol–water partition coefficient (Wildman–Crippen LogP) is 11.3. The van der Waals surface area contributed by atoms with E-state index in [0.29, 0.717) is 17.8 Å². The number of nitrogen functional groups attached to an aromatic ring is 2. The monoisotopic (exact) mass is 586 g/mol. The Kier molecular flexibility index (Phi) is 10.5. The number of hydrogen-bond donors (Lipinski definition) is 2. The fourth-order valence-corrected chi connectivity index (χ4v) is 8.05. The maximum Gasteiger partial charge on any atom is 0.0316 e. The molecule has 1 fully saturated rings. The summed E-state index contributed by atoms with van der Waals surface area (Å²) in [6, 6.07) is 31.7. The third-order valence-corrected chi connectivity index (χ3v) is 10.9. The molecule has 4 aromatic carbocycles. The molecular formula is C42H54N2. The van der Waals surface area contributed by atoms with Crippen molar-refractivity contribution in [3.8, 4) is 0 Å². The summed E-state index contributed by atoms with van der Waals surface area (Å²) in [4.78, 5) is 0. The third-order valence-electron chi connectivity index (χ3n) is 10.9. The second-order valence-corrected chi connectivity index (χ2v) is 13.7. The van der Waals surface area contributed by atoms with Crippen LogP contribution < -0.4 is 11.5 Å². The van der Waals surface area contributed by atoms with Gasteiger partial charge in [-0.15, -0.1) is 0 Å². The maximum absolute atomic E-state index is 6.04. The molecule has 44 heavy (non-hydrogen) atoms. The van der Waals surface area contributed by atoms with Gasteiger partial charge in [0.05, 0.1) is 0 Å². The topological polar surface area (TPSA) is 52.0 Å². The summed E-state index contributed by atoms with van der Waals surface area (Å²) in [6.07, 6.45) is 10.9. The molecule has 0 spiro atoms. The van der Waals surface area contributed by atoms with Crippen LogP contribution in [0.3, 0.4) is 0 Å². The van der Waals surface area contributed by atoms with Crippen LogP contribution in [0.15, 0.2) is 84.9 Å². The Balaban J connectivity index is 1.40. The normalized spacial score (nSPS) is 16.8. The predicted molar refractivity (Wildman–Crippen MR) is 191 cm³/mol. The minimum atomic E-state index is 0.330. The summed E-state index contributed by atoms with van der Waals surface area (Å²) in [5, 5.41) is 0. The second-order valence-electron chi connectivity index (χ2n) is 13.7. The van der Waals surface area contributed by atoms with Crippen molar-refractivity contribution in [3.05, 3.63) is 129 Å². The Morgan fingerprint density at radius 1 is 0.591 bits per heavy atom. The average molecular weight is 587 g/mol. The first-order valence-corrected chi connectivity index (χ1v) is 17.2. The van der Waals surface area contributed by atoms with Gasteiger partial charge in [-0.05, 0) is 107 Å². The summed E-state index contributed by atoms with van der Waals surface area (Å²) >= 11 is 0. The van der Waals surface area contributed by atoms with E-state index >= 15 is 0 Å². The summed E-state index contributed by atoms with van der Waals surface area (Å²) in [5.74, 6) is 2.80. The van der Waals surface area contributed by atoms with Crippen LogP contribution in [-0.2, 0) is 0 Å². The van der Waals surface area contributed by atoms with E-state index in [1.807, 2.05) is 12.1 Å². The van der Waals surface area contributed by atoms with E-state index in [0.717, 1.165) is 23.2 Å². The Hall–Kier alpha value is -3.52. The highest BCUT2D eigenvalue weighted by atomic mass is 14.5. The van der Waals surface area contributed by atoms with Crippen LogP contribution in [0.25, 0.3) is 0 Å². The first-order valence-electron chi connectivity index (χ1n) is 17.2. The Morgan fingerprint density at radius 2 is 1.02 bits per heavy atom. The van der Waals surface area contributed by atoms with Crippen LogP contribution in [0.2, 0.25) is 0 Å². The molecule has 0 saturated heterocycles. The van der Waals surface area contributed by atoms with Crippen LogP contribution in [0, 0.1) is 25.7 Å². The standard InChI is InChI=1S/C42H54N2/c1-6-32(35-10-8-7-9-11-35)20-23-42(36-16-12-33(13-17-36)30(4)40-24-21-38(43)26-28(40)2)37-18-14-34(15-19-37)31(5)41-25-22-39(44)27-29(41)3/h12-19,21-22,24-27,30-32,35,42H,6-11,20,23,43-44H2,1-5H3. The van der Waals surface area contributed by atoms with E-state index < -0.39 is 0 Å². The van der Waals surface area contributed by atoms with E-state index in [-0.39, 0.29) is 0 Å². The van der Waals surface area contributed by atoms with Crippen LogP contribution >= 0.6 is 0 Å². The molecule has 2 heteroatoms. The van der Waals surface area contributed by atoms with Gasteiger partial charge in [0.1, 0.15) is 0 Å². The molecule has 1 aliphatic rings. The lowest BCUT2D eigenvalue weighted by Crippen LogP contribution is -2.18. The van der Waals surface area contributed by atoms with Crippen molar-refractivity contribution < 1.29 is 0 Å². The van der Waals surface area contributed by atoms with Gasteiger partial charge >= 0.3 is 0 Å². The van der Waals surface area contributed by atoms with Gasteiger partial charge in [0.2, 0.25) is 0 Å². The molecule has 0 aromatic heterocycles. The average Bonchev–Trinajstić information content (AvgIpc) is 3.03. The molecule has 0 bridgehead atoms. The van der Waals surface area contributed by atoms with E-state index in [9.17, 15) is 0 Å². The Bertz CT molecular complexity index is 1390. The number of benzene rings is 4. The molecule has 1 aliphatic carbocycles. The number of hydrogen-bond acceptors (Lipinski definition) is 2. The molecular weight excluding hydrogens is 532 g/mol. The van der Waals surface area contributed by atoms with Gasteiger partial charge in [0.15, 0.2) is 0 Å². The lowest BCUT2D eigenvalue weighted by Gasteiger charge is -2.31. The third kappa shape index (κ3) is 7.40. The molecule has 4 aromatic rings. The molecule has 232 valence electrons. The molecule has 4 N–H and O–H groups in total. The highest BCUT2D eigenvalue weighted by Gasteiger charge is 2.25. The molecule has 0 amide bonds. The fraction of sp³-hybridized carbons (Fsp3) is 0.429. The van der Waals surface area contributed by atoms with Crippen molar-refractivity contribution in [3.63, 3.8) is 0 Å². The first-order chi connectivity index (χ1) is 21.2. The molecule has 2 nitrogen and oxygen atoms in total. The van der Waals surface area contributed by atoms with Gasteiger partial charge in [0.25, 0.3) is 0 Å². The fourth-order valence-electron chi connectivity index (χ4n) is 8.05. The van der Waals surface area contributed by atoms with Crippen LogP contribution in [0.1, 0.15) is 134 Å². The molecule has 3 atom stereocenters. The van der Waals surface area contributed by atoms with Gasteiger partial charge in [-0.2, -0.15) is 0 Å². The Labute approximate surface area is 267 Å². The summed E-state index contributed by atoms with van der Waals surface area (Å²) in [7, 11) is 0. The van der Waals surface area contributed by atoms with Crippen molar-refractivity contribution >= 4 is 11.4 Å². The zero-order valence-electron chi connectivity index (χ0n) is 27.8. The zero-order valence-corrected chi connectivity index (χ0v) is 27.8. The summed E-state index contributed by atoms with van der Waals surface area (Å²) in [6.45, 7) is 11.4. The maximum atomic E-state index is 6.04. The number of nitrogens with two attached hydrogens (primary N) is 2. The van der Waals surface area contributed by atoms with E-state index in [2.05, 4.69) is 107 Å². The smallest absolute Gasteiger partial charge is 0.0316 e. The summed E-state index contributed by atoms with van der Waals surface area (Å²) < 4.78 is 0. The molecule has 3 unspecified atom stereocenters. The SMILES string of the molecule is CCC(CCC(c1ccc(C(C)c2ccc(N)cc2C)cc1)c1ccc(C(C)c2ccc(N)cc2C)cc1)C1CCCCC1. The quantitative estimate of drug-likeness (QED) is 0.172. The van der Waals surface area contributed by atoms with Crippen molar-refractivity contribution in [1.29, 1.82) is 0 Å². The van der Waals surface area contributed by atoms with Crippen molar-refractivity contribution in [2.24, 2.45) is 11.8 Å². The number of anilines is 2.